The van der Waals surface area contributed by atoms with E-state index in [1.165, 1.54) is 0 Å². The van der Waals surface area contributed by atoms with Gasteiger partial charge in [-0.1, -0.05) is 0 Å². The molecule has 0 radical (unpaired) electrons. The van der Waals surface area contributed by atoms with Gasteiger partial charge in [0.25, 0.3) is 10.7 Å². The molecular formula is C19H20N4O3S. The zero-order chi connectivity index (χ0) is 18.8. The molecule has 0 atom stereocenters. The number of rotatable bonds is 5. The highest BCUT2D eigenvalue weighted by Crippen LogP contribution is 2.20. The fraction of sp³-hybridized carbons (Fsp3) is 0.316. The highest BCUT2D eigenvalue weighted by molar-refractivity contribution is 7.71. The molecule has 1 aromatic carbocycles. The molecule has 1 aliphatic heterocycles. The topological polar surface area (TPSA) is 67.7 Å². The Hall–Kier alpha value is -2.71. The molecule has 3 heterocycles. The number of anilines is 1. The third kappa shape index (κ3) is 3.86. The van der Waals surface area contributed by atoms with E-state index >= 15 is 0 Å². The Morgan fingerprint density at radius 2 is 1.89 bits per heavy atom. The van der Waals surface area contributed by atoms with Crippen LogP contribution in [0.1, 0.15) is 17.3 Å². The molecule has 8 heteroatoms. The number of ketones is 1. The van der Waals surface area contributed by atoms with Crippen molar-refractivity contribution in [3.8, 4) is 11.7 Å². The summed E-state index contributed by atoms with van der Waals surface area (Å²) in [5, 5.41) is 4.41. The van der Waals surface area contributed by atoms with Crippen LogP contribution < -0.4 is 4.90 Å². The maximum absolute atomic E-state index is 11.4. The first-order valence-corrected chi connectivity index (χ1v) is 9.21. The van der Waals surface area contributed by atoms with Crippen LogP contribution in [0.25, 0.3) is 11.7 Å². The van der Waals surface area contributed by atoms with Gasteiger partial charge < -0.3 is 13.7 Å². The van der Waals surface area contributed by atoms with Gasteiger partial charge >= 0.3 is 0 Å². The summed E-state index contributed by atoms with van der Waals surface area (Å²) in [5.74, 6) is 1.05. The standard InChI is InChI=1S/C19H20N4O3S/c1-14(24)15-4-6-16(7-5-15)22-10-8-21(9-11-22)13-23-19(27)26-18(20-23)17-3-2-12-25-17/h2-7,12H,8-11,13H2,1H3. The number of Topliss-reactive ketones (excluding diaryl/α,β-unsaturated/α-hetero) is 1. The maximum atomic E-state index is 11.4. The maximum Gasteiger partial charge on any atom is 0.288 e. The second kappa shape index (κ2) is 7.50. The quantitative estimate of drug-likeness (QED) is 0.493. The normalized spacial score (nSPS) is 15.2. The molecule has 0 unspecified atom stereocenters. The zero-order valence-electron chi connectivity index (χ0n) is 15.0. The summed E-state index contributed by atoms with van der Waals surface area (Å²) in [4.78, 5) is 16.3. The summed E-state index contributed by atoms with van der Waals surface area (Å²) >= 11 is 5.28. The van der Waals surface area contributed by atoms with Gasteiger partial charge in [0.2, 0.25) is 0 Å². The molecular weight excluding hydrogens is 364 g/mol. The van der Waals surface area contributed by atoms with Crippen LogP contribution in [0, 0.1) is 4.84 Å². The number of benzene rings is 1. The van der Waals surface area contributed by atoms with Crippen LogP contribution in [0.5, 0.6) is 0 Å². The molecule has 1 saturated heterocycles. The Balaban J connectivity index is 1.37. The molecule has 3 aromatic rings. The molecule has 27 heavy (non-hydrogen) atoms. The molecule has 0 saturated carbocycles. The van der Waals surface area contributed by atoms with E-state index in [0.29, 0.717) is 23.2 Å². The molecule has 0 amide bonds. The Labute approximate surface area is 161 Å². The second-order valence-corrected chi connectivity index (χ2v) is 6.85. The van der Waals surface area contributed by atoms with Crippen LogP contribution >= 0.6 is 12.2 Å². The van der Waals surface area contributed by atoms with Crippen LogP contribution in [-0.4, -0.2) is 46.6 Å². The summed E-state index contributed by atoms with van der Waals surface area (Å²) in [7, 11) is 0. The van der Waals surface area contributed by atoms with Crippen molar-refractivity contribution in [2.75, 3.05) is 31.1 Å². The van der Waals surface area contributed by atoms with Crippen molar-refractivity contribution in [1.82, 2.24) is 14.7 Å². The average Bonchev–Trinajstić information content (AvgIpc) is 3.33. The highest BCUT2D eigenvalue weighted by atomic mass is 32.1. The molecule has 0 spiro atoms. The van der Waals surface area contributed by atoms with Crippen molar-refractivity contribution < 1.29 is 13.6 Å². The van der Waals surface area contributed by atoms with E-state index < -0.39 is 0 Å². The van der Waals surface area contributed by atoms with E-state index in [4.69, 9.17) is 21.1 Å². The summed E-state index contributed by atoms with van der Waals surface area (Å²) in [5.41, 5.74) is 1.88. The summed E-state index contributed by atoms with van der Waals surface area (Å²) in [6, 6.07) is 11.4. The lowest BCUT2D eigenvalue weighted by Gasteiger charge is -2.35. The first kappa shape index (κ1) is 17.7. The Morgan fingerprint density at radius 1 is 1.15 bits per heavy atom. The smallest absolute Gasteiger partial charge is 0.288 e. The molecule has 0 aliphatic carbocycles. The van der Waals surface area contributed by atoms with Gasteiger partial charge in [-0.05, 0) is 55.5 Å². The number of aromatic nitrogens is 2. The molecule has 0 bridgehead atoms. The van der Waals surface area contributed by atoms with E-state index in [9.17, 15) is 4.79 Å². The first-order valence-electron chi connectivity index (χ1n) is 8.80. The number of hydrogen-bond acceptors (Lipinski definition) is 7. The van der Waals surface area contributed by atoms with Crippen LogP contribution in [-0.2, 0) is 6.67 Å². The lowest BCUT2D eigenvalue weighted by atomic mass is 10.1. The third-order valence-corrected chi connectivity index (χ3v) is 4.98. The molecule has 7 nitrogen and oxygen atoms in total. The van der Waals surface area contributed by atoms with Crippen molar-refractivity contribution in [2.45, 2.75) is 13.6 Å². The van der Waals surface area contributed by atoms with Crippen molar-refractivity contribution >= 4 is 23.7 Å². The fourth-order valence-corrected chi connectivity index (χ4v) is 3.32. The Bertz CT molecular complexity index is 967. The molecule has 0 N–H and O–H groups in total. The molecule has 2 aromatic heterocycles. The van der Waals surface area contributed by atoms with E-state index in [2.05, 4.69) is 14.9 Å². The van der Waals surface area contributed by atoms with Gasteiger partial charge in [0.1, 0.15) is 0 Å². The van der Waals surface area contributed by atoms with E-state index in [0.717, 1.165) is 37.4 Å². The highest BCUT2D eigenvalue weighted by Gasteiger charge is 2.19. The minimum atomic E-state index is 0.0876. The van der Waals surface area contributed by atoms with Crippen LogP contribution in [0.4, 0.5) is 5.69 Å². The number of nitrogens with zero attached hydrogens (tertiary/aromatic N) is 4. The number of carbonyl (C=O) groups is 1. The van der Waals surface area contributed by atoms with Gasteiger partial charge in [-0.25, -0.2) is 4.68 Å². The van der Waals surface area contributed by atoms with Gasteiger partial charge in [0.15, 0.2) is 11.5 Å². The van der Waals surface area contributed by atoms with Crippen LogP contribution in [0.2, 0.25) is 0 Å². The van der Waals surface area contributed by atoms with Crippen molar-refractivity contribution in [1.29, 1.82) is 0 Å². The fourth-order valence-electron chi connectivity index (χ4n) is 3.14. The van der Waals surface area contributed by atoms with Gasteiger partial charge in [0.05, 0.1) is 12.9 Å². The molecule has 1 aliphatic rings. The number of hydrogen-bond donors (Lipinski definition) is 0. The number of furan rings is 1. The van der Waals surface area contributed by atoms with Crippen LogP contribution in [0.15, 0.2) is 51.5 Å². The lowest BCUT2D eigenvalue weighted by molar-refractivity contribution is 0.101. The summed E-state index contributed by atoms with van der Waals surface area (Å²) in [6.45, 7) is 5.74. The van der Waals surface area contributed by atoms with Gasteiger partial charge in [-0.3, -0.25) is 9.69 Å². The average molecular weight is 384 g/mol. The second-order valence-electron chi connectivity index (χ2n) is 6.50. The molecule has 140 valence electrons. The monoisotopic (exact) mass is 384 g/mol. The van der Waals surface area contributed by atoms with Crippen molar-refractivity contribution in [3.63, 3.8) is 0 Å². The predicted octanol–water partition coefficient (Wildman–Crippen LogP) is 3.45. The minimum absolute atomic E-state index is 0.0876. The van der Waals surface area contributed by atoms with Gasteiger partial charge in [0, 0.05) is 37.4 Å². The van der Waals surface area contributed by atoms with Crippen LogP contribution in [0.3, 0.4) is 0 Å². The number of carbonyl (C=O) groups excluding carboxylic acids is 1. The molecule has 4 rings (SSSR count). The van der Waals surface area contributed by atoms with Crippen molar-refractivity contribution in [3.05, 3.63) is 53.1 Å². The Kier molecular flexibility index (Phi) is 4.91. The Morgan fingerprint density at radius 3 is 2.52 bits per heavy atom. The van der Waals surface area contributed by atoms with Gasteiger partial charge in [-0.15, -0.1) is 5.10 Å². The molecule has 1 fully saturated rings. The minimum Gasteiger partial charge on any atom is -0.459 e. The van der Waals surface area contributed by atoms with Crippen molar-refractivity contribution in [2.24, 2.45) is 0 Å². The largest absolute Gasteiger partial charge is 0.459 e. The number of piperazine rings is 1. The van der Waals surface area contributed by atoms with Gasteiger partial charge in [-0.2, -0.15) is 0 Å². The van der Waals surface area contributed by atoms with E-state index in [-0.39, 0.29) is 5.78 Å². The van der Waals surface area contributed by atoms with E-state index in [1.54, 1.807) is 30.0 Å². The zero-order valence-corrected chi connectivity index (χ0v) is 15.8. The third-order valence-electron chi connectivity index (χ3n) is 4.68. The lowest BCUT2D eigenvalue weighted by Crippen LogP contribution is -2.46. The summed E-state index contributed by atoms with van der Waals surface area (Å²) in [6.07, 6.45) is 1.58. The summed E-state index contributed by atoms with van der Waals surface area (Å²) < 4.78 is 12.5. The predicted molar refractivity (Wildman–Crippen MR) is 103 cm³/mol. The SMILES string of the molecule is CC(=O)c1ccc(N2CCN(Cn3nc(-c4ccco4)oc3=S)CC2)cc1. The first-order chi connectivity index (χ1) is 13.1. The van der Waals surface area contributed by atoms with E-state index in [1.807, 2.05) is 24.3 Å².